The van der Waals surface area contributed by atoms with Crippen LogP contribution in [0.3, 0.4) is 0 Å². The molecular formula is C14H21N3S. The topological polar surface area (TPSA) is 29.9 Å². The Morgan fingerprint density at radius 3 is 2.78 bits per heavy atom. The van der Waals surface area contributed by atoms with Crippen LogP contribution in [0, 0.1) is 0 Å². The maximum atomic E-state index is 4.53. The van der Waals surface area contributed by atoms with Crippen molar-refractivity contribution >= 4 is 11.3 Å². The predicted molar refractivity (Wildman–Crippen MR) is 76.9 cm³/mol. The van der Waals surface area contributed by atoms with Gasteiger partial charge in [0.15, 0.2) is 0 Å². The number of nitrogens with one attached hydrogen (secondary N) is 1. The fraction of sp³-hybridized carbons (Fsp3) is 0.500. The maximum absolute atomic E-state index is 4.53. The zero-order chi connectivity index (χ0) is 13.1. The van der Waals surface area contributed by atoms with Gasteiger partial charge in [-0.05, 0) is 35.2 Å². The van der Waals surface area contributed by atoms with Crippen LogP contribution < -0.4 is 5.32 Å². The van der Waals surface area contributed by atoms with E-state index >= 15 is 0 Å². The molecule has 2 aromatic rings. The molecule has 0 aromatic carbocycles. The summed E-state index contributed by atoms with van der Waals surface area (Å²) in [5.41, 5.74) is 3.85. The summed E-state index contributed by atoms with van der Waals surface area (Å²) in [5.74, 6) is 0.472. The Balaban J connectivity index is 2.02. The van der Waals surface area contributed by atoms with Gasteiger partial charge in [-0.1, -0.05) is 13.8 Å². The van der Waals surface area contributed by atoms with E-state index in [4.69, 9.17) is 0 Å². The number of aromatic nitrogens is 2. The minimum absolute atomic E-state index is 0.386. The van der Waals surface area contributed by atoms with Crippen molar-refractivity contribution in [3.05, 3.63) is 39.8 Å². The first-order valence-electron chi connectivity index (χ1n) is 6.35. The molecule has 0 bridgehead atoms. The van der Waals surface area contributed by atoms with Gasteiger partial charge in [-0.15, -0.1) is 0 Å². The van der Waals surface area contributed by atoms with Gasteiger partial charge in [0.05, 0.1) is 5.69 Å². The quantitative estimate of drug-likeness (QED) is 0.895. The number of hydrogen-bond acceptors (Lipinski definition) is 3. The molecule has 4 heteroatoms. The van der Waals surface area contributed by atoms with Crippen LogP contribution in [-0.2, 0) is 13.6 Å². The van der Waals surface area contributed by atoms with E-state index in [9.17, 15) is 0 Å². The first-order chi connectivity index (χ1) is 8.58. The third-order valence-corrected chi connectivity index (χ3v) is 3.83. The Hall–Kier alpha value is -1.13. The highest BCUT2D eigenvalue weighted by atomic mass is 32.1. The summed E-state index contributed by atoms with van der Waals surface area (Å²) in [7, 11) is 1.98. The van der Waals surface area contributed by atoms with E-state index in [1.165, 1.54) is 16.8 Å². The summed E-state index contributed by atoms with van der Waals surface area (Å²) in [5, 5.41) is 12.4. The van der Waals surface area contributed by atoms with Crippen molar-refractivity contribution in [2.24, 2.45) is 7.05 Å². The van der Waals surface area contributed by atoms with Gasteiger partial charge in [-0.3, -0.25) is 4.68 Å². The van der Waals surface area contributed by atoms with Crippen LogP contribution in [0.5, 0.6) is 0 Å². The van der Waals surface area contributed by atoms with Crippen molar-refractivity contribution in [1.82, 2.24) is 15.1 Å². The highest BCUT2D eigenvalue weighted by Crippen LogP contribution is 2.19. The zero-order valence-electron chi connectivity index (χ0n) is 11.5. The van der Waals surface area contributed by atoms with Crippen molar-refractivity contribution < 1.29 is 0 Å². The van der Waals surface area contributed by atoms with E-state index in [-0.39, 0.29) is 0 Å². The molecule has 2 aromatic heterocycles. The summed E-state index contributed by atoms with van der Waals surface area (Å²) in [6.45, 7) is 7.45. The minimum atomic E-state index is 0.386. The van der Waals surface area contributed by atoms with E-state index < -0.39 is 0 Å². The van der Waals surface area contributed by atoms with Gasteiger partial charge in [0.25, 0.3) is 0 Å². The van der Waals surface area contributed by atoms with Gasteiger partial charge in [0.2, 0.25) is 0 Å². The van der Waals surface area contributed by atoms with Crippen LogP contribution in [0.15, 0.2) is 23.0 Å². The lowest BCUT2D eigenvalue weighted by molar-refractivity contribution is 0.572. The third-order valence-electron chi connectivity index (χ3n) is 3.13. The molecule has 1 unspecified atom stereocenters. The Morgan fingerprint density at radius 2 is 2.17 bits per heavy atom. The maximum Gasteiger partial charge on any atom is 0.0694 e. The molecule has 0 saturated carbocycles. The van der Waals surface area contributed by atoms with Crippen molar-refractivity contribution in [2.75, 3.05) is 0 Å². The zero-order valence-corrected chi connectivity index (χ0v) is 12.3. The van der Waals surface area contributed by atoms with Crippen LogP contribution in [-0.4, -0.2) is 9.78 Å². The molecule has 0 radical (unpaired) electrons. The molecule has 0 fully saturated rings. The van der Waals surface area contributed by atoms with Gasteiger partial charge in [-0.2, -0.15) is 16.4 Å². The monoisotopic (exact) mass is 263 g/mol. The standard InChI is InChI=1S/C14H21N3S/c1-10(2)14-13(8-17(4)16-14)7-15-11(3)12-5-6-18-9-12/h5-6,8-11,15H,7H2,1-4H3. The molecule has 3 nitrogen and oxygen atoms in total. The van der Waals surface area contributed by atoms with E-state index in [2.05, 4.69) is 54.2 Å². The van der Waals surface area contributed by atoms with Crippen LogP contribution in [0.25, 0.3) is 0 Å². The highest BCUT2D eigenvalue weighted by Gasteiger charge is 2.12. The molecule has 2 heterocycles. The van der Waals surface area contributed by atoms with E-state index in [1.54, 1.807) is 11.3 Å². The SMILES string of the molecule is CC(C)c1nn(C)cc1CNC(C)c1ccsc1. The molecule has 1 N–H and O–H groups in total. The molecule has 0 aliphatic carbocycles. The van der Waals surface area contributed by atoms with Crippen LogP contribution >= 0.6 is 11.3 Å². The van der Waals surface area contributed by atoms with Crippen molar-refractivity contribution in [3.63, 3.8) is 0 Å². The molecule has 98 valence electrons. The van der Waals surface area contributed by atoms with Gasteiger partial charge < -0.3 is 5.32 Å². The number of nitrogens with zero attached hydrogens (tertiary/aromatic N) is 2. The molecule has 0 spiro atoms. The third kappa shape index (κ3) is 3.00. The molecule has 2 rings (SSSR count). The number of thiophene rings is 1. The fourth-order valence-electron chi connectivity index (χ4n) is 2.08. The normalized spacial score (nSPS) is 13.2. The van der Waals surface area contributed by atoms with Gasteiger partial charge in [0, 0.05) is 31.4 Å². The number of hydrogen-bond donors (Lipinski definition) is 1. The lowest BCUT2D eigenvalue weighted by Gasteiger charge is -2.13. The van der Waals surface area contributed by atoms with Gasteiger partial charge >= 0.3 is 0 Å². The van der Waals surface area contributed by atoms with E-state index in [0.717, 1.165) is 6.54 Å². The molecular weight excluding hydrogens is 242 g/mol. The van der Waals surface area contributed by atoms with Crippen molar-refractivity contribution in [3.8, 4) is 0 Å². The largest absolute Gasteiger partial charge is 0.306 e. The highest BCUT2D eigenvalue weighted by molar-refractivity contribution is 7.07. The Labute approximate surface area is 113 Å². The molecule has 0 aliphatic heterocycles. The van der Waals surface area contributed by atoms with Crippen LogP contribution in [0.2, 0.25) is 0 Å². The molecule has 0 saturated heterocycles. The Bertz CT molecular complexity index is 485. The number of rotatable bonds is 5. The van der Waals surface area contributed by atoms with Crippen molar-refractivity contribution in [1.29, 1.82) is 0 Å². The summed E-state index contributed by atoms with van der Waals surface area (Å²) >= 11 is 1.75. The summed E-state index contributed by atoms with van der Waals surface area (Å²) in [6.07, 6.45) is 2.11. The van der Waals surface area contributed by atoms with Gasteiger partial charge in [-0.25, -0.2) is 0 Å². The predicted octanol–water partition coefficient (Wildman–Crippen LogP) is 3.46. The molecule has 0 amide bonds. The molecule has 18 heavy (non-hydrogen) atoms. The van der Waals surface area contributed by atoms with Gasteiger partial charge in [0.1, 0.15) is 0 Å². The second-order valence-corrected chi connectivity index (χ2v) is 5.81. The van der Waals surface area contributed by atoms with E-state index in [1.807, 2.05) is 11.7 Å². The minimum Gasteiger partial charge on any atom is -0.306 e. The lowest BCUT2D eigenvalue weighted by Crippen LogP contribution is -2.18. The fourth-order valence-corrected chi connectivity index (χ4v) is 2.83. The average molecular weight is 263 g/mol. The smallest absolute Gasteiger partial charge is 0.0694 e. The van der Waals surface area contributed by atoms with Crippen molar-refractivity contribution in [2.45, 2.75) is 39.3 Å². The second-order valence-electron chi connectivity index (χ2n) is 5.03. The summed E-state index contributed by atoms with van der Waals surface area (Å²) in [4.78, 5) is 0. The average Bonchev–Trinajstić information content (AvgIpc) is 2.94. The molecule has 1 atom stereocenters. The second kappa shape index (κ2) is 5.67. The first kappa shape index (κ1) is 13.3. The first-order valence-corrected chi connectivity index (χ1v) is 7.30. The Kier molecular flexibility index (Phi) is 4.19. The number of aryl methyl sites for hydroxylation is 1. The van der Waals surface area contributed by atoms with Crippen LogP contribution in [0.1, 0.15) is 49.6 Å². The summed E-state index contributed by atoms with van der Waals surface area (Å²) < 4.78 is 1.90. The summed E-state index contributed by atoms with van der Waals surface area (Å²) in [6, 6.07) is 2.56. The molecule has 0 aliphatic rings. The van der Waals surface area contributed by atoms with Crippen LogP contribution in [0.4, 0.5) is 0 Å². The Morgan fingerprint density at radius 1 is 1.39 bits per heavy atom. The lowest BCUT2D eigenvalue weighted by atomic mass is 10.1. The van der Waals surface area contributed by atoms with E-state index in [0.29, 0.717) is 12.0 Å².